The number of aromatic nitrogens is 3. The van der Waals surface area contributed by atoms with Gasteiger partial charge < -0.3 is 19.8 Å². The number of halogens is 1. The number of esters is 1. The molecule has 2 aromatic heterocycles. The number of carbonyl (C=O) groups is 2. The minimum atomic E-state index is -1.02. The number of amides is 1. The predicted molar refractivity (Wildman–Crippen MR) is 121 cm³/mol. The lowest BCUT2D eigenvalue weighted by Gasteiger charge is -2.14. The first-order valence-corrected chi connectivity index (χ1v) is 10.1. The number of benzene rings is 2. The summed E-state index contributed by atoms with van der Waals surface area (Å²) < 4.78 is 10.4. The second kappa shape index (κ2) is 9.07. The number of methoxy groups -OCH3 is 1. The molecule has 9 heteroatoms. The van der Waals surface area contributed by atoms with Gasteiger partial charge in [-0.05, 0) is 55.5 Å². The lowest BCUT2D eigenvalue weighted by Crippen LogP contribution is -2.30. The Balaban J connectivity index is 1.44. The summed E-state index contributed by atoms with van der Waals surface area (Å²) >= 11 is 6.07. The molecule has 2 N–H and O–H groups in total. The van der Waals surface area contributed by atoms with Crippen LogP contribution in [0.2, 0.25) is 5.02 Å². The standard InChI is InChI=1S/C23H19ClN4O4/c1-13(22(29)26-16-6-8-20(31-2)17(24)11-16)32-23(30)14-5-7-18-19(10-14)28-21(27-18)15-4-3-9-25-12-15/h3-13H,1-2H3,(H,26,29)(H,27,28). The highest BCUT2D eigenvalue weighted by Crippen LogP contribution is 2.27. The minimum Gasteiger partial charge on any atom is -0.495 e. The average molecular weight is 451 g/mol. The molecule has 8 nitrogen and oxygen atoms in total. The highest BCUT2D eigenvalue weighted by atomic mass is 35.5. The number of nitrogens with zero attached hydrogens (tertiary/aromatic N) is 2. The Kier molecular flexibility index (Phi) is 6.04. The van der Waals surface area contributed by atoms with E-state index in [0.29, 0.717) is 38.9 Å². The van der Waals surface area contributed by atoms with Crippen LogP contribution >= 0.6 is 11.6 Å². The number of carbonyl (C=O) groups excluding carboxylic acids is 2. The summed E-state index contributed by atoms with van der Waals surface area (Å²) in [6, 6.07) is 13.5. The third-order valence-electron chi connectivity index (χ3n) is 4.72. The molecule has 1 unspecified atom stereocenters. The number of aromatic amines is 1. The number of anilines is 1. The quantitative estimate of drug-likeness (QED) is 0.420. The van der Waals surface area contributed by atoms with Crippen LogP contribution in [0.15, 0.2) is 60.9 Å². The van der Waals surface area contributed by atoms with E-state index < -0.39 is 18.0 Å². The van der Waals surface area contributed by atoms with Gasteiger partial charge in [-0.2, -0.15) is 0 Å². The van der Waals surface area contributed by atoms with Crippen molar-refractivity contribution in [2.24, 2.45) is 0 Å². The molecule has 0 saturated heterocycles. The van der Waals surface area contributed by atoms with E-state index in [1.165, 1.54) is 14.0 Å². The molecule has 4 rings (SSSR count). The smallest absolute Gasteiger partial charge is 0.338 e. The number of H-pyrrole nitrogens is 1. The maximum Gasteiger partial charge on any atom is 0.338 e. The Hall–Kier alpha value is -3.91. The highest BCUT2D eigenvalue weighted by Gasteiger charge is 2.20. The molecule has 0 bridgehead atoms. The van der Waals surface area contributed by atoms with E-state index in [-0.39, 0.29) is 0 Å². The van der Waals surface area contributed by atoms with E-state index >= 15 is 0 Å². The first kappa shape index (κ1) is 21.3. The van der Waals surface area contributed by atoms with Crippen molar-refractivity contribution in [3.05, 3.63) is 71.5 Å². The molecule has 2 aromatic carbocycles. The molecular formula is C23H19ClN4O4. The number of nitrogens with one attached hydrogen (secondary N) is 2. The monoisotopic (exact) mass is 450 g/mol. The molecule has 2 heterocycles. The van der Waals surface area contributed by atoms with Crippen LogP contribution in [0.5, 0.6) is 5.75 Å². The van der Waals surface area contributed by atoms with E-state index in [1.807, 2.05) is 12.1 Å². The topological polar surface area (TPSA) is 106 Å². The van der Waals surface area contributed by atoms with Crippen molar-refractivity contribution < 1.29 is 19.1 Å². The van der Waals surface area contributed by atoms with Gasteiger partial charge in [0.05, 0.1) is 28.7 Å². The SMILES string of the molecule is COc1ccc(NC(=O)C(C)OC(=O)c2ccc3nc(-c4cccnc4)[nH]c3c2)cc1Cl. The summed E-state index contributed by atoms with van der Waals surface area (Å²) in [5.74, 6) is 0.0236. The summed E-state index contributed by atoms with van der Waals surface area (Å²) in [6.07, 6.45) is 2.36. The van der Waals surface area contributed by atoms with Crippen molar-refractivity contribution >= 4 is 40.2 Å². The molecule has 0 aliphatic rings. The van der Waals surface area contributed by atoms with Crippen LogP contribution in [-0.4, -0.2) is 40.0 Å². The van der Waals surface area contributed by atoms with E-state index in [2.05, 4.69) is 20.3 Å². The summed E-state index contributed by atoms with van der Waals surface area (Å²) in [7, 11) is 1.50. The van der Waals surface area contributed by atoms with Crippen LogP contribution in [0.3, 0.4) is 0 Å². The third kappa shape index (κ3) is 4.55. The van der Waals surface area contributed by atoms with Gasteiger partial charge in [-0.3, -0.25) is 9.78 Å². The summed E-state index contributed by atoms with van der Waals surface area (Å²) in [5, 5.41) is 3.02. The van der Waals surface area contributed by atoms with Gasteiger partial charge in [-0.15, -0.1) is 0 Å². The lowest BCUT2D eigenvalue weighted by molar-refractivity contribution is -0.123. The van der Waals surface area contributed by atoms with Crippen LogP contribution in [0.25, 0.3) is 22.4 Å². The number of fused-ring (bicyclic) bond motifs is 1. The molecule has 0 saturated carbocycles. The summed E-state index contributed by atoms with van der Waals surface area (Å²) in [4.78, 5) is 36.8. The molecule has 0 fully saturated rings. The summed E-state index contributed by atoms with van der Waals surface area (Å²) in [6.45, 7) is 1.49. The average Bonchev–Trinajstić information content (AvgIpc) is 3.23. The van der Waals surface area contributed by atoms with Crippen LogP contribution in [-0.2, 0) is 9.53 Å². The van der Waals surface area contributed by atoms with Gasteiger partial charge in [0, 0.05) is 23.6 Å². The van der Waals surface area contributed by atoms with Gasteiger partial charge in [0.2, 0.25) is 0 Å². The van der Waals surface area contributed by atoms with E-state index in [4.69, 9.17) is 21.1 Å². The molecule has 4 aromatic rings. The molecule has 0 radical (unpaired) electrons. The number of rotatable bonds is 6. The predicted octanol–water partition coefficient (Wildman–Crippen LogP) is 4.47. The third-order valence-corrected chi connectivity index (χ3v) is 5.02. The zero-order valence-electron chi connectivity index (χ0n) is 17.3. The second-order valence-electron chi connectivity index (χ2n) is 6.95. The number of ether oxygens (including phenoxy) is 2. The van der Waals surface area contributed by atoms with Crippen molar-refractivity contribution in [2.75, 3.05) is 12.4 Å². The molecule has 0 aliphatic heterocycles. The molecule has 162 valence electrons. The fraction of sp³-hybridized carbons (Fsp3) is 0.130. The fourth-order valence-electron chi connectivity index (χ4n) is 3.05. The molecule has 32 heavy (non-hydrogen) atoms. The van der Waals surface area contributed by atoms with Crippen molar-refractivity contribution in [1.29, 1.82) is 0 Å². The lowest BCUT2D eigenvalue weighted by atomic mass is 10.2. The second-order valence-corrected chi connectivity index (χ2v) is 7.35. The molecule has 1 amide bonds. The minimum absolute atomic E-state index is 0.297. The van der Waals surface area contributed by atoms with Crippen molar-refractivity contribution in [3.8, 4) is 17.1 Å². The zero-order chi connectivity index (χ0) is 22.7. The van der Waals surface area contributed by atoms with Gasteiger partial charge in [-0.25, -0.2) is 9.78 Å². The normalized spacial score (nSPS) is 11.7. The van der Waals surface area contributed by atoms with Gasteiger partial charge in [0.1, 0.15) is 11.6 Å². The molecular weight excluding hydrogens is 432 g/mol. The Labute approximate surface area is 188 Å². The maximum atomic E-state index is 12.6. The Morgan fingerprint density at radius 1 is 1.16 bits per heavy atom. The molecule has 0 aliphatic carbocycles. The maximum absolute atomic E-state index is 12.6. The largest absolute Gasteiger partial charge is 0.495 e. The van der Waals surface area contributed by atoms with Crippen molar-refractivity contribution in [1.82, 2.24) is 15.0 Å². The van der Waals surface area contributed by atoms with Crippen molar-refractivity contribution in [3.63, 3.8) is 0 Å². The Bertz CT molecular complexity index is 1290. The Morgan fingerprint density at radius 2 is 2.00 bits per heavy atom. The van der Waals surface area contributed by atoms with Gasteiger partial charge in [0.15, 0.2) is 6.10 Å². The number of imidazole rings is 1. The van der Waals surface area contributed by atoms with E-state index in [1.54, 1.807) is 48.8 Å². The first-order valence-electron chi connectivity index (χ1n) is 9.70. The van der Waals surface area contributed by atoms with Crippen LogP contribution in [0.4, 0.5) is 5.69 Å². The van der Waals surface area contributed by atoms with Crippen LogP contribution in [0.1, 0.15) is 17.3 Å². The molecule has 0 spiro atoms. The van der Waals surface area contributed by atoms with Gasteiger partial charge in [-0.1, -0.05) is 11.6 Å². The van der Waals surface area contributed by atoms with Gasteiger partial charge >= 0.3 is 5.97 Å². The van der Waals surface area contributed by atoms with Crippen LogP contribution in [0, 0.1) is 0 Å². The molecule has 1 atom stereocenters. The van der Waals surface area contributed by atoms with Gasteiger partial charge in [0.25, 0.3) is 5.91 Å². The zero-order valence-corrected chi connectivity index (χ0v) is 18.0. The number of hydrogen-bond donors (Lipinski definition) is 2. The van der Waals surface area contributed by atoms with E-state index in [0.717, 1.165) is 5.56 Å². The number of pyridine rings is 1. The van der Waals surface area contributed by atoms with E-state index in [9.17, 15) is 9.59 Å². The summed E-state index contributed by atoms with van der Waals surface area (Å²) in [5.41, 5.74) is 2.96. The number of hydrogen-bond acceptors (Lipinski definition) is 6. The van der Waals surface area contributed by atoms with Crippen LogP contribution < -0.4 is 10.1 Å². The first-order chi connectivity index (χ1) is 15.4. The Morgan fingerprint density at radius 3 is 2.72 bits per heavy atom. The van der Waals surface area contributed by atoms with Crippen molar-refractivity contribution in [2.45, 2.75) is 13.0 Å². The highest BCUT2D eigenvalue weighted by molar-refractivity contribution is 6.32. The fourth-order valence-corrected chi connectivity index (χ4v) is 3.30.